The van der Waals surface area contributed by atoms with E-state index in [4.69, 9.17) is 21.1 Å². The molecule has 5 heteroatoms. The van der Waals surface area contributed by atoms with Gasteiger partial charge in [-0.3, -0.25) is 0 Å². The van der Waals surface area contributed by atoms with Crippen molar-refractivity contribution in [1.82, 2.24) is 0 Å². The third-order valence-corrected chi connectivity index (χ3v) is 3.11. The van der Waals surface area contributed by atoms with Crippen molar-refractivity contribution >= 4 is 22.9 Å². The molecule has 0 saturated carbocycles. The van der Waals surface area contributed by atoms with Crippen molar-refractivity contribution in [3.63, 3.8) is 0 Å². The topological polar surface area (TPSA) is 38.7 Å². The predicted molar refractivity (Wildman–Crippen MR) is 57.0 cm³/mol. The molecule has 1 aromatic heterocycles. The second-order valence-electron chi connectivity index (χ2n) is 2.72. The lowest BCUT2D eigenvalue weighted by Crippen LogP contribution is -2.09. The maximum absolute atomic E-state index is 9.65. The van der Waals surface area contributed by atoms with E-state index in [1.807, 2.05) is 5.38 Å². The highest BCUT2D eigenvalue weighted by Gasteiger charge is 2.12. The van der Waals surface area contributed by atoms with E-state index in [0.29, 0.717) is 18.2 Å². The van der Waals surface area contributed by atoms with Crippen LogP contribution >= 0.6 is 22.9 Å². The van der Waals surface area contributed by atoms with Crippen LogP contribution in [-0.4, -0.2) is 32.0 Å². The number of aliphatic hydroxyl groups excluding tert-OH is 1. The molecule has 0 aliphatic heterocycles. The monoisotopic (exact) mass is 236 g/mol. The Morgan fingerprint density at radius 2 is 2.36 bits per heavy atom. The third-order valence-electron chi connectivity index (χ3n) is 1.65. The summed E-state index contributed by atoms with van der Waals surface area (Å²) in [5, 5.41) is 12.1. The Morgan fingerprint density at radius 1 is 1.57 bits per heavy atom. The molecule has 1 heterocycles. The molecular weight excluding hydrogens is 224 g/mol. The van der Waals surface area contributed by atoms with Gasteiger partial charge in [0.1, 0.15) is 6.10 Å². The summed E-state index contributed by atoms with van der Waals surface area (Å²) in [4.78, 5) is 0.754. The largest absolute Gasteiger partial charge is 0.385 e. The summed E-state index contributed by atoms with van der Waals surface area (Å²) in [7, 11) is 1.61. The summed E-state index contributed by atoms with van der Waals surface area (Å²) in [5.74, 6) is 0. The van der Waals surface area contributed by atoms with Gasteiger partial charge in [-0.05, 0) is 11.4 Å². The Hall–Kier alpha value is -0.130. The lowest BCUT2D eigenvalue weighted by molar-refractivity contribution is 0.0139. The summed E-state index contributed by atoms with van der Waals surface area (Å²) in [5.41, 5.74) is 0. The van der Waals surface area contributed by atoms with Crippen LogP contribution in [0.25, 0.3) is 0 Å². The Bertz CT molecular complexity index is 264. The van der Waals surface area contributed by atoms with Gasteiger partial charge < -0.3 is 14.6 Å². The van der Waals surface area contributed by atoms with Crippen LogP contribution in [0.1, 0.15) is 11.0 Å². The van der Waals surface area contributed by atoms with Gasteiger partial charge in [0.25, 0.3) is 0 Å². The van der Waals surface area contributed by atoms with Crippen LogP contribution in [0.15, 0.2) is 11.4 Å². The molecule has 0 bridgehead atoms. The zero-order valence-corrected chi connectivity index (χ0v) is 9.48. The Balaban J connectivity index is 2.28. The molecule has 0 spiro atoms. The van der Waals surface area contributed by atoms with Crippen LogP contribution in [0.5, 0.6) is 0 Å². The van der Waals surface area contributed by atoms with Gasteiger partial charge in [-0.25, -0.2) is 0 Å². The standard InChI is InChI=1S/C9H13ClO3S/c1-12-3-4-13-6-8(11)9-7(10)2-5-14-9/h2,5,8,11H,3-4,6H2,1H3. The van der Waals surface area contributed by atoms with E-state index in [0.717, 1.165) is 4.88 Å². The maximum Gasteiger partial charge on any atom is 0.113 e. The molecule has 0 aromatic carbocycles. The van der Waals surface area contributed by atoms with E-state index in [9.17, 15) is 5.11 Å². The first-order valence-corrected chi connectivity index (χ1v) is 5.49. The predicted octanol–water partition coefficient (Wildman–Crippen LogP) is 2.10. The summed E-state index contributed by atoms with van der Waals surface area (Å²) < 4.78 is 10.00. The van der Waals surface area contributed by atoms with E-state index >= 15 is 0 Å². The van der Waals surface area contributed by atoms with Gasteiger partial charge in [0.2, 0.25) is 0 Å². The fraction of sp³-hybridized carbons (Fsp3) is 0.556. The smallest absolute Gasteiger partial charge is 0.113 e. The molecule has 0 aliphatic carbocycles. The second kappa shape index (κ2) is 6.37. The van der Waals surface area contributed by atoms with Gasteiger partial charge in [0.05, 0.1) is 29.7 Å². The molecule has 0 aliphatic rings. The average molecular weight is 237 g/mol. The zero-order chi connectivity index (χ0) is 10.4. The molecule has 1 unspecified atom stereocenters. The zero-order valence-electron chi connectivity index (χ0n) is 7.90. The number of hydrogen-bond donors (Lipinski definition) is 1. The summed E-state index contributed by atoms with van der Waals surface area (Å²) >= 11 is 7.27. The van der Waals surface area contributed by atoms with Crippen LogP contribution in [-0.2, 0) is 9.47 Å². The van der Waals surface area contributed by atoms with Crippen molar-refractivity contribution in [2.24, 2.45) is 0 Å². The summed E-state index contributed by atoms with van der Waals surface area (Å²) in [6, 6.07) is 1.76. The second-order valence-corrected chi connectivity index (χ2v) is 4.07. The number of rotatable bonds is 6. The van der Waals surface area contributed by atoms with Gasteiger partial charge in [0, 0.05) is 7.11 Å². The molecule has 1 aromatic rings. The molecule has 0 radical (unpaired) electrons. The number of halogens is 1. The first-order chi connectivity index (χ1) is 6.75. The fourth-order valence-corrected chi connectivity index (χ4v) is 2.11. The average Bonchev–Trinajstić information content (AvgIpc) is 2.59. The molecule has 0 fully saturated rings. The maximum atomic E-state index is 9.65. The van der Waals surface area contributed by atoms with E-state index in [1.54, 1.807) is 13.2 Å². The fourth-order valence-electron chi connectivity index (χ4n) is 0.956. The lowest BCUT2D eigenvalue weighted by atomic mass is 10.3. The summed E-state index contributed by atoms with van der Waals surface area (Å²) in [6.07, 6.45) is -0.639. The molecule has 0 amide bonds. The number of thiophene rings is 1. The number of hydrogen-bond acceptors (Lipinski definition) is 4. The number of ether oxygens (including phenoxy) is 2. The van der Waals surface area contributed by atoms with Crippen molar-refractivity contribution in [3.05, 3.63) is 21.3 Å². The first kappa shape index (κ1) is 11.9. The molecule has 1 atom stereocenters. The highest BCUT2D eigenvalue weighted by atomic mass is 35.5. The van der Waals surface area contributed by atoms with Crippen molar-refractivity contribution in [1.29, 1.82) is 0 Å². The van der Waals surface area contributed by atoms with E-state index in [1.165, 1.54) is 11.3 Å². The Kier molecular flexibility index (Phi) is 5.44. The minimum Gasteiger partial charge on any atom is -0.385 e. The van der Waals surface area contributed by atoms with Gasteiger partial charge in [-0.2, -0.15) is 0 Å². The van der Waals surface area contributed by atoms with Crippen molar-refractivity contribution < 1.29 is 14.6 Å². The van der Waals surface area contributed by atoms with E-state index in [2.05, 4.69) is 0 Å². The Morgan fingerprint density at radius 3 is 2.93 bits per heavy atom. The SMILES string of the molecule is COCCOCC(O)c1sccc1Cl. The van der Waals surface area contributed by atoms with Crippen molar-refractivity contribution in [2.75, 3.05) is 26.9 Å². The van der Waals surface area contributed by atoms with Crippen molar-refractivity contribution in [3.8, 4) is 0 Å². The molecule has 80 valence electrons. The van der Waals surface area contributed by atoms with Crippen LogP contribution < -0.4 is 0 Å². The van der Waals surface area contributed by atoms with E-state index < -0.39 is 6.10 Å². The molecule has 1 N–H and O–H groups in total. The first-order valence-electron chi connectivity index (χ1n) is 4.23. The minimum absolute atomic E-state index is 0.254. The molecular formula is C9H13ClO3S. The van der Waals surface area contributed by atoms with Crippen LogP contribution in [0.3, 0.4) is 0 Å². The molecule has 1 rings (SSSR count). The van der Waals surface area contributed by atoms with Gasteiger partial charge in [0.15, 0.2) is 0 Å². The number of methoxy groups -OCH3 is 1. The van der Waals surface area contributed by atoms with Gasteiger partial charge in [-0.15, -0.1) is 11.3 Å². The lowest BCUT2D eigenvalue weighted by Gasteiger charge is -2.09. The highest BCUT2D eigenvalue weighted by Crippen LogP contribution is 2.28. The molecule has 14 heavy (non-hydrogen) atoms. The van der Waals surface area contributed by atoms with Crippen LogP contribution in [0.2, 0.25) is 5.02 Å². The quantitative estimate of drug-likeness (QED) is 0.769. The highest BCUT2D eigenvalue weighted by molar-refractivity contribution is 7.10. The minimum atomic E-state index is -0.639. The van der Waals surface area contributed by atoms with Gasteiger partial charge in [-0.1, -0.05) is 11.6 Å². The van der Waals surface area contributed by atoms with Gasteiger partial charge >= 0.3 is 0 Å². The Labute approximate surface area is 92.2 Å². The summed E-state index contributed by atoms with van der Waals surface area (Å²) in [6.45, 7) is 1.27. The van der Waals surface area contributed by atoms with Crippen molar-refractivity contribution in [2.45, 2.75) is 6.10 Å². The normalized spacial score (nSPS) is 13.1. The number of aliphatic hydroxyl groups is 1. The van der Waals surface area contributed by atoms with Crippen LogP contribution in [0, 0.1) is 0 Å². The molecule has 0 saturated heterocycles. The third kappa shape index (κ3) is 3.55. The van der Waals surface area contributed by atoms with E-state index in [-0.39, 0.29) is 6.61 Å². The van der Waals surface area contributed by atoms with Crippen LogP contribution in [0.4, 0.5) is 0 Å². The molecule has 3 nitrogen and oxygen atoms in total.